The number of rotatable bonds is 6. The van der Waals surface area contributed by atoms with Crippen molar-refractivity contribution in [3.8, 4) is 28.7 Å². The Bertz CT molecular complexity index is 1160. The number of fused-ring (bicyclic) bond motifs is 2. The average Bonchev–Trinajstić information content (AvgIpc) is 3.44. The van der Waals surface area contributed by atoms with Crippen molar-refractivity contribution < 1.29 is 28.5 Å². The van der Waals surface area contributed by atoms with E-state index in [1.807, 2.05) is 30.3 Å². The van der Waals surface area contributed by atoms with Crippen LogP contribution in [0.25, 0.3) is 0 Å². The molecule has 5 rings (SSSR count). The number of nitrogens with zero attached hydrogens (tertiary/aromatic N) is 2. The Hall–Kier alpha value is -3.88. The van der Waals surface area contributed by atoms with Gasteiger partial charge in [-0.25, -0.2) is 4.68 Å². The minimum absolute atomic E-state index is 0.0799. The van der Waals surface area contributed by atoms with Crippen LogP contribution in [0, 0.1) is 0 Å². The molecule has 2 aliphatic heterocycles. The predicted molar refractivity (Wildman–Crippen MR) is 115 cm³/mol. The maximum Gasteiger partial charge on any atom is 0.231 e. The van der Waals surface area contributed by atoms with E-state index in [-0.39, 0.29) is 18.6 Å². The second-order valence-corrected chi connectivity index (χ2v) is 7.56. The Kier molecular flexibility index (Phi) is 5.01. The Labute approximate surface area is 184 Å². The van der Waals surface area contributed by atoms with E-state index >= 15 is 0 Å². The van der Waals surface area contributed by atoms with Crippen molar-refractivity contribution in [1.82, 2.24) is 9.78 Å². The van der Waals surface area contributed by atoms with Crippen molar-refractivity contribution in [2.24, 2.45) is 0 Å². The molecule has 0 unspecified atom stereocenters. The Morgan fingerprint density at radius 2 is 1.81 bits per heavy atom. The molecule has 1 atom stereocenters. The molecule has 0 fully saturated rings. The summed E-state index contributed by atoms with van der Waals surface area (Å²) in [5.41, 5.74) is 2.81. The van der Waals surface area contributed by atoms with Gasteiger partial charge in [0, 0.05) is 17.9 Å². The third-order valence-electron chi connectivity index (χ3n) is 5.75. The summed E-state index contributed by atoms with van der Waals surface area (Å²) in [4.78, 5) is 12.6. The second kappa shape index (κ2) is 7.99. The van der Waals surface area contributed by atoms with Gasteiger partial charge in [0.15, 0.2) is 23.0 Å². The van der Waals surface area contributed by atoms with Gasteiger partial charge in [-0.2, -0.15) is 5.10 Å². The summed E-state index contributed by atoms with van der Waals surface area (Å²) in [7, 11) is 4.71. The van der Waals surface area contributed by atoms with Crippen LogP contribution in [0.2, 0.25) is 0 Å². The van der Waals surface area contributed by atoms with Crippen LogP contribution in [-0.4, -0.2) is 43.8 Å². The summed E-state index contributed by atoms with van der Waals surface area (Å²) in [5.74, 6) is 3.44. The lowest BCUT2D eigenvalue weighted by molar-refractivity contribution is -0.116. The first-order valence-corrected chi connectivity index (χ1v) is 10.1. The van der Waals surface area contributed by atoms with Gasteiger partial charge in [0.2, 0.25) is 18.4 Å². The van der Waals surface area contributed by atoms with Crippen molar-refractivity contribution in [2.75, 3.05) is 33.4 Å². The summed E-state index contributed by atoms with van der Waals surface area (Å²) in [6, 6.07) is 9.53. The first kappa shape index (κ1) is 20.0. The topological polar surface area (TPSA) is 93.1 Å². The van der Waals surface area contributed by atoms with Crippen LogP contribution in [0.15, 0.2) is 36.5 Å². The van der Waals surface area contributed by atoms with E-state index in [0.717, 1.165) is 22.4 Å². The molecule has 0 spiro atoms. The summed E-state index contributed by atoms with van der Waals surface area (Å²) < 4.78 is 29.1. The molecule has 1 N–H and O–H groups in total. The smallest absolute Gasteiger partial charge is 0.231 e. The van der Waals surface area contributed by atoms with Crippen LogP contribution in [0.1, 0.15) is 29.0 Å². The monoisotopic (exact) mass is 437 g/mol. The number of aromatic nitrogens is 2. The molecule has 9 nitrogen and oxygen atoms in total. The van der Waals surface area contributed by atoms with Crippen LogP contribution in [0.3, 0.4) is 0 Å². The lowest BCUT2D eigenvalue weighted by Gasteiger charge is -2.25. The van der Waals surface area contributed by atoms with E-state index < -0.39 is 0 Å². The van der Waals surface area contributed by atoms with Crippen LogP contribution < -0.4 is 29.0 Å². The molecule has 166 valence electrons. The molecular formula is C23H23N3O6. The van der Waals surface area contributed by atoms with Crippen molar-refractivity contribution in [2.45, 2.75) is 18.9 Å². The predicted octanol–water partition coefficient (Wildman–Crippen LogP) is 3.16. The standard InChI is InChI=1S/C23H23N3O6/c1-28-19-7-14(8-20(29-2)22(19)30-3)15-9-21(27)25-23-16(15)10-24-26(23)11-13-4-5-17-18(6-13)32-12-31-17/h4-8,10,15H,9,11-12H2,1-3H3,(H,25,27)/t15-/m0/s1. The minimum Gasteiger partial charge on any atom is -0.493 e. The Morgan fingerprint density at radius 3 is 2.53 bits per heavy atom. The van der Waals surface area contributed by atoms with Gasteiger partial charge in [-0.15, -0.1) is 0 Å². The summed E-state index contributed by atoms with van der Waals surface area (Å²) >= 11 is 0. The van der Waals surface area contributed by atoms with E-state index in [0.29, 0.717) is 41.8 Å². The molecule has 0 saturated carbocycles. The maximum absolute atomic E-state index is 12.6. The van der Waals surface area contributed by atoms with Gasteiger partial charge in [0.1, 0.15) is 5.82 Å². The number of anilines is 1. The van der Waals surface area contributed by atoms with Crippen LogP contribution >= 0.6 is 0 Å². The Balaban J connectivity index is 1.51. The lowest BCUT2D eigenvalue weighted by atomic mass is 9.87. The number of carbonyl (C=O) groups is 1. The lowest BCUT2D eigenvalue weighted by Crippen LogP contribution is -2.25. The van der Waals surface area contributed by atoms with Crippen molar-refractivity contribution in [1.29, 1.82) is 0 Å². The summed E-state index contributed by atoms with van der Waals surface area (Å²) in [5, 5.41) is 7.54. The van der Waals surface area contributed by atoms with Crippen LogP contribution in [0.4, 0.5) is 5.82 Å². The van der Waals surface area contributed by atoms with E-state index in [1.165, 1.54) is 0 Å². The van der Waals surface area contributed by atoms with Gasteiger partial charge in [-0.05, 0) is 35.4 Å². The van der Waals surface area contributed by atoms with E-state index in [1.54, 1.807) is 32.2 Å². The quantitative estimate of drug-likeness (QED) is 0.633. The average molecular weight is 437 g/mol. The molecule has 3 heterocycles. The first-order valence-electron chi connectivity index (χ1n) is 10.1. The fraction of sp³-hybridized carbons (Fsp3) is 0.304. The highest BCUT2D eigenvalue weighted by Gasteiger charge is 2.31. The first-order chi connectivity index (χ1) is 15.6. The van der Waals surface area contributed by atoms with Gasteiger partial charge in [-0.1, -0.05) is 6.07 Å². The number of ether oxygens (including phenoxy) is 5. The molecule has 3 aromatic rings. The zero-order valence-corrected chi connectivity index (χ0v) is 18.0. The van der Waals surface area contributed by atoms with Gasteiger partial charge in [-0.3, -0.25) is 4.79 Å². The zero-order chi connectivity index (χ0) is 22.2. The van der Waals surface area contributed by atoms with Gasteiger partial charge < -0.3 is 29.0 Å². The number of benzene rings is 2. The molecule has 2 aromatic carbocycles. The molecular weight excluding hydrogens is 414 g/mol. The summed E-state index contributed by atoms with van der Waals surface area (Å²) in [6.07, 6.45) is 2.09. The SMILES string of the molecule is COc1cc([C@@H]2CC(=O)Nc3c2cnn3Cc2ccc3c(c2)OCO3)cc(OC)c1OC. The van der Waals surface area contributed by atoms with Crippen LogP contribution in [0.5, 0.6) is 28.7 Å². The van der Waals surface area contributed by atoms with Gasteiger partial charge in [0.05, 0.1) is 34.1 Å². The molecule has 32 heavy (non-hydrogen) atoms. The molecule has 0 radical (unpaired) electrons. The number of carbonyl (C=O) groups excluding carboxylic acids is 1. The van der Waals surface area contributed by atoms with Crippen molar-refractivity contribution in [3.63, 3.8) is 0 Å². The highest BCUT2D eigenvalue weighted by Crippen LogP contribution is 2.44. The molecule has 1 aromatic heterocycles. The third kappa shape index (κ3) is 3.35. The molecule has 9 heteroatoms. The third-order valence-corrected chi connectivity index (χ3v) is 5.75. The molecule has 2 aliphatic rings. The number of methoxy groups -OCH3 is 3. The van der Waals surface area contributed by atoms with Gasteiger partial charge in [0.25, 0.3) is 0 Å². The zero-order valence-electron chi connectivity index (χ0n) is 18.0. The second-order valence-electron chi connectivity index (χ2n) is 7.56. The highest BCUT2D eigenvalue weighted by atomic mass is 16.7. The Morgan fingerprint density at radius 1 is 1.06 bits per heavy atom. The molecule has 1 amide bonds. The fourth-order valence-electron chi connectivity index (χ4n) is 4.20. The normalized spacial score (nSPS) is 16.3. The molecule has 0 saturated heterocycles. The minimum atomic E-state index is -0.196. The van der Waals surface area contributed by atoms with E-state index in [9.17, 15) is 4.79 Å². The number of hydrogen-bond acceptors (Lipinski definition) is 7. The summed E-state index contributed by atoms with van der Waals surface area (Å²) in [6.45, 7) is 0.705. The highest BCUT2D eigenvalue weighted by molar-refractivity contribution is 5.94. The maximum atomic E-state index is 12.6. The van der Waals surface area contributed by atoms with Crippen molar-refractivity contribution in [3.05, 3.63) is 53.2 Å². The van der Waals surface area contributed by atoms with Crippen LogP contribution in [-0.2, 0) is 11.3 Å². The van der Waals surface area contributed by atoms with E-state index in [2.05, 4.69) is 10.4 Å². The molecule has 0 bridgehead atoms. The van der Waals surface area contributed by atoms with Crippen molar-refractivity contribution >= 4 is 11.7 Å². The number of nitrogens with one attached hydrogen (secondary N) is 1. The molecule has 0 aliphatic carbocycles. The van der Waals surface area contributed by atoms with E-state index in [4.69, 9.17) is 23.7 Å². The fourth-order valence-corrected chi connectivity index (χ4v) is 4.20. The largest absolute Gasteiger partial charge is 0.493 e. The number of hydrogen-bond donors (Lipinski definition) is 1. The number of amides is 1. The van der Waals surface area contributed by atoms with Gasteiger partial charge >= 0.3 is 0 Å².